The van der Waals surface area contributed by atoms with Gasteiger partial charge in [-0.3, -0.25) is 4.98 Å². The van der Waals surface area contributed by atoms with Crippen LogP contribution in [0.4, 0.5) is 19.0 Å². The molecule has 1 N–H and O–H groups in total. The number of anilines is 1. The van der Waals surface area contributed by atoms with Gasteiger partial charge in [0.25, 0.3) is 5.82 Å². The highest BCUT2D eigenvalue weighted by atomic mass is 19.4. The third-order valence-electron chi connectivity index (χ3n) is 3.71. The van der Waals surface area contributed by atoms with E-state index in [0.717, 1.165) is 16.5 Å². The van der Waals surface area contributed by atoms with Gasteiger partial charge in [-0.1, -0.05) is 24.3 Å². The molecule has 126 valence electrons. The lowest BCUT2D eigenvalue weighted by Crippen LogP contribution is -2.13. The van der Waals surface area contributed by atoms with Crippen LogP contribution in [0.15, 0.2) is 48.7 Å². The van der Waals surface area contributed by atoms with Crippen molar-refractivity contribution in [1.82, 2.24) is 24.8 Å². The Bertz CT molecular complexity index is 1050. The minimum Gasteiger partial charge on any atom is -0.363 e. The monoisotopic (exact) mass is 344 g/mol. The van der Waals surface area contributed by atoms with E-state index in [2.05, 4.69) is 25.6 Å². The smallest absolute Gasteiger partial charge is 0.363 e. The first-order chi connectivity index (χ1) is 12.0. The van der Waals surface area contributed by atoms with Gasteiger partial charge in [0.15, 0.2) is 5.65 Å². The fourth-order valence-electron chi connectivity index (χ4n) is 2.56. The maximum absolute atomic E-state index is 12.9. The molecular formula is C16H11F3N6. The number of aromatic nitrogens is 5. The van der Waals surface area contributed by atoms with Crippen LogP contribution >= 0.6 is 0 Å². The first kappa shape index (κ1) is 15.3. The summed E-state index contributed by atoms with van der Waals surface area (Å²) >= 11 is 0. The average Bonchev–Trinajstić information content (AvgIpc) is 3.03. The number of rotatable bonds is 3. The summed E-state index contributed by atoms with van der Waals surface area (Å²) in [4.78, 5) is 4.33. The third-order valence-corrected chi connectivity index (χ3v) is 3.71. The Morgan fingerprint density at radius 1 is 1.00 bits per heavy atom. The van der Waals surface area contributed by atoms with Gasteiger partial charge >= 0.3 is 6.18 Å². The van der Waals surface area contributed by atoms with E-state index in [0.29, 0.717) is 11.1 Å². The molecule has 0 aliphatic heterocycles. The Morgan fingerprint density at radius 2 is 1.84 bits per heavy atom. The number of nitrogens with zero attached hydrogens (tertiary/aromatic N) is 5. The Labute approximate surface area is 139 Å². The molecule has 0 saturated heterocycles. The van der Waals surface area contributed by atoms with Crippen LogP contribution in [0.3, 0.4) is 0 Å². The molecule has 0 spiro atoms. The van der Waals surface area contributed by atoms with Crippen LogP contribution in [0.2, 0.25) is 0 Å². The van der Waals surface area contributed by atoms with Crippen molar-refractivity contribution in [1.29, 1.82) is 0 Å². The van der Waals surface area contributed by atoms with Gasteiger partial charge < -0.3 is 5.32 Å². The van der Waals surface area contributed by atoms with E-state index in [9.17, 15) is 13.2 Å². The summed E-state index contributed by atoms with van der Waals surface area (Å²) in [6.07, 6.45) is -2.93. The number of nitrogens with one attached hydrogen (secondary N) is 1. The van der Waals surface area contributed by atoms with E-state index in [1.54, 1.807) is 12.3 Å². The molecule has 1 aromatic carbocycles. The summed E-state index contributed by atoms with van der Waals surface area (Å²) in [5.41, 5.74) is 0.806. The summed E-state index contributed by atoms with van der Waals surface area (Å²) in [6, 6.07) is 12.6. The topological polar surface area (TPSA) is 68.0 Å². The molecule has 9 heteroatoms. The summed E-state index contributed by atoms with van der Waals surface area (Å²) in [5, 5.41) is 15.6. The largest absolute Gasteiger partial charge is 0.453 e. The molecule has 0 amide bonds. The Morgan fingerprint density at radius 3 is 2.68 bits per heavy atom. The second-order valence-electron chi connectivity index (χ2n) is 5.34. The highest BCUT2D eigenvalue weighted by molar-refractivity contribution is 5.84. The average molecular weight is 344 g/mol. The zero-order valence-electron chi connectivity index (χ0n) is 12.7. The Balaban J connectivity index is 1.64. The highest BCUT2D eigenvalue weighted by Crippen LogP contribution is 2.27. The Hall–Kier alpha value is -3.23. The third kappa shape index (κ3) is 2.84. The van der Waals surface area contributed by atoms with Gasteiger partial charge in [-0.15, -0.1) is 15.3 Å². The van der Waals surface area contributed by atoms with Crippen molar-refractivity contribution in [2.45, 2.75) is 12.7 Å². The maximum Gasteiger partial charge on any atom is 0.453 e. The van der Waals surface area contributed by atoms with Gasteiger partial charge in [0.1, 0.15) is 5.82 Å². The molecule has 0 fully saturated rings. The molecule has 0 unspecified atom stereocenters. The second-order valence-corrected chi connectivity index (χ2v) is 5.34. The fourth-order valence-corrected chi connectivity index (χ4v) is 2.56. The van der Waals surface area contributed by atoms with Crippen molar-refractivity contribution < 1.29 is 13.2 Å². The number of pyridine rings is 1. The van der Waals surface area contributed by atoms with Crippen LogP contribution in [0.1, 0.15) is 11.5 Å². The van der Waals surface area contributed by atoms with Gasteiger partial charge in [-0.05, 0) is 23.6 Å². The molecule has 4 aromatic rings. The van der Waals surface area contributed by atoms with Crippen LogP contribution in [-0.4, -0.2) is 24.8 Å². The van der Waals surface area contributed by atoms with Gasteiger partial charge in [-0.25, -0.2) is 0 Å². The quantitative estimate of drug-likeness (QED) is 0.618. The van der Waals surface area contributed by atoms with E-state index in [-0.39, 0.29) is 11.5 Å². The summed E-state index contributed by atoms with van der Waals surface area (Å²) in [6.45, 7) is 0.323. The first-order valence-electron chi connectivity index (χ1n) is 7.38. The predicted octanol–water partition coefficient (Wildman–Crippen LogP) is 3.30. The highest BCUT2D eigenvalue weighted by Gasteiger charge is 2.37. The van der Waals surface area contributed by atoms with Crippen LogP contribution in [0, 0.1) is 0 Å². The second kappa shape index (κ2) is 5.69. The minimum absolute atomic E-state index is 0.0289. The molecule has 25 heavy (non-hydrogen) atoms. The number of alkyl halides is 3. The van der Waals surface area contributed by atoms with E-state index in [1.807, 2.05) is 30.3 Å². The molecule has 0 radical (unpaired) electrons. The molecule has 3 aromatic heterocycles. The standard InChI is InChI=1S/C16H11F3N6/c17-16(18,19)15-23-22-14-6-5-13(24-25(14)15)21-9-12-11-4-2-1-3-10(11)7-8-20-12/h1-8H,9H2,(H,21,24). The molecule has 0 bridgehead atoms. The van der Waals surface area contributed by atoms with Crippen molar-refractivity contribution in [3.63, 3.8) is 0 Å². The molecular weight excluding hydrogens is 333 g/mol. The lowest BCUT2D eigenvalue weighted by atomic mass is 10.1. The van der Waals surface area contributed by atoms with Crippen molar-refractivity contribution in [3.05, 3.63) is 60.2 Å². The first-order valence-corrected chi connectivity index (χ1v) is 7.38. The lowest BCUT2D eigenvalue weighted by molar-refractivity contribution is -0.146. The number of halogens is 3. The molecule has 4 rings (SSSR count). The number of benzene rings is 1. The lowest BCUT2D eigenvalue weighted by Gasteiger charge is -2.09. The summed E-state index contributed by atoms with van der Waals surface area (Å²) < 4.78 is 39.4. The van der Waals surface area contributed by atoms with Crippen molar-refractivity contribution in [3.8, 4) is 0 Å². The van der Waals surface area contributed by atoms with Crippen molar-refractivity contribution in [2.24, 2.45) is 0 Å². The molecule has 0 saturated carbocycles. The molecule has 0 atom stereocenters. The van der Waals surface area contributed by atoms with Crippen LogP contribution < -0.4 is 5.32 Å². The molecule has 0 aliphatic carbocycles. The van der Waals surface area contributed by atoms with Crippen LogP contribution in [-0.2, 0) is 12.7 Å². The number of fused-ring (bicyclic) bond motifs is 2. The van der Waals surface area contributed by atoms with Gasteiger partial charge in [-0.2, -0.15) is 17.7 Å². The van der Waals surface area contributed by atoms with Crippen molar-refractivity contribution in [2.75, 3.05) is 5.32 Å². The fraction of sp³-hybridized carbons (Fsp3) is 0.125. The van der Waals surface area contributed by atoms with Gasteiger partial charge in [0, 0.05) is 11.6 Å². The molecule has 6 nitrogen and oxygen atoms in total. The zero-order valence-corrected chi connectivity index (χ0v) is 12.7. The zero-order chi connectivity index (χ0) is 17.4. The van der Waals surface area contributed by atoms with Crippen LogP contribution in [0.5, 0.6) is 0 Å². The molecule has 0 aliphatic rings. The normalized spacial score (nSPS) is 12.0. The number of hydrogen-bond donors (Lipinski definition) is 1. The van der Waals surface area contributed by atoms with E-state index in [4.69, 9.17) is 0 Å². The van der Waals surface area contributed by atoms with Gasteiger partial charge in [0.05, 0.1) is 12.2 Å². The summed E-state index contributed by atoms with van der Waals surface area (Å²) in [5.74, 6) is -0.887. The van der Waals surface area contributed by atoms with E-state index < -0.39 is 12.0 Å². The van der Waals surface area contributed by atoms with E-state index in [1.165, 1.54) is 6.07 Å². The molecule has 3 heterocycles. The van der Waals surface area contributed by atoms with E-state index >= 15 is 0 Å². The SMILES string of the molecule is FC(F)(F)c1nnc2ccc(NCc3nccc4ccccc34)nn12. The maximum atomic E-state index is 12.9. The summed E-state index contributed by atoms with van der Waals surface area (Å²) in [7, 11) is 0. The van der Waals surface area contributed by atoms with Crippen LogP contribution in [0.25, 0.3) is 16.4 Å². The van der Waals surface area contributed by atoms with Gasteiger partial charge in [0.2, 0.25) is 0 Å². The van der Waals surface area contributed by atoms with Crippen molar-refractivity contribution >= 4 is 22.2 Å². The number of hydrogen-bond acceptors (Lipinski definition) is 5. The minimum atomic E-state index is -4.62. The predicted molar refractivity (Wildman–Crippen MR) is 84.9 cm³/mol. The Kier molecular flexibility index (Phi) is 3.48.